The molecular weight excluding hydrogens is 989 g/mol. The largest absolute Gasteiger partial charge is 0.496 e. The van der Waals surface area contributed by atoms with Crippen LogP contribution >= 0.6 is 0 Å². The van der Waals surface area contributed by atoms with Crippen LogP contribution in [0.5, 0.6) is 23.0 Å². The molecular formula is C67H74N4O8. The molecule has 1 saturated carbocycles. The van der Waals surface area contributed by atoms with Gasteiger partial charge in [0.2, 0.25) is 17.7 Å². The molecule has 2 aliphatic heterocycles. The number of nitrogens with one attached hydrogen (secondary N) is 1. The summed E-state index contributed by atoms with van der Waals surface area (Å²) in [6, 6.07) is 46.1. The third-order valence-electron chi connectivity index (χ3n) is 16.4. The van der Waals surface area contributed by atoms with Gasteiger partial charge in [0.15, 0.2) is 0 Å². The fourth-order valence-electron chi connectivity index (χ4n) is 12.0. The average Bonchev–Trinajstić information content (AvgIpc) is 3.96. The Bertz CT molecular complexity index is 3230. The molecule has 10 rings (SSSR count). The molecule has 0 unspecified atom stereocenters. The first-order chi connectivity index (χ1) is 38.6. The summed E-state index contributed by atoms with van der Waals surface area (Å²) in [5.41, 5.74) is 5.49. The van der Waals surface area contributed by atoms with Crippen molar-refractivity contribution in [2.75, 3.05) is 47.6 Å². The lowest BCUT2D eigenvalue weighted by molar-refractivity contribution is -0.138. The predicted octanol–water partition coefficient (Wildman–Crippen LogP) is 11.7. The molecule has 2 bridgehead atoms. The third kappa shape index (κ3) is 13.5. The van der Waals surface area contributed by atoms with Crippen molar-refractivity contribution in [1.82, 2.24) is 20.0 Å². The second kappa shape index (κ2) is 25.7. The van der Waals surface area contributed by atoms with Gasteiger partial charge in [-0.25, -0.2) is 0 Å². The van der Waals surface area contributed by atoms with E-state index in [-0.39, 0.29) is 62.6 Å². The number of hydrogen-bond donors (Lipinski definition) is 1. The van der Waals surface area contributed by atoms with E-state index < -0.39 is 18.1 Å². The lowest BCUT2D eigenvalue weighted by Crippen LogP contribution is -2.52. The smallest absolute Gasteiger partial charge is 0.253 e. The topological polar surface area (TPSA) is 127 Å². The average molecular weight is 1060 g/mol. The SMILES string of the molecule is COc1cc(OCCc2ccc(C3CCCCCCC3)cc2)cc(OC)c1CN(C(=O)Cc1ccc2ccccc2c1)[C@H]1C[C@H]2COc3cccc(c3)C(=O)N(C)CCC[C@H](NC(=O)Cc3ccc4ccccc4c3)C(=O)N2C1. The van der Waals surface area contributed by atoms with E-state index in [4.69, 9.17) is 18.9 Å². The van der Waals surface area contributed by atoms with Crippen LogP contribution in [0.15, 0.2) is 146 Å². The first kappa shape index (κ1) is 54.5. The maximum Gasteiger partial charge on any atom is 0.253 e. The van der Waals surface area contributed by atoms with Crippen molar-refractivity contribution in [3.8, 4) is 23.0 Å². The number of hydrogen-bond acceptors (Lipinski definition) is 8. The van der Waals surface area contributed by atoms with Crippen LogP contribution in [0.1, 0.15) is 108 Å². The Labute approximate surface area is 465 Å². The monoisotopic (exact) mass is 1060 g/mol. The number of benzene rings is 7. The summed E-state index contributed by atoms with van der Waals surface area (Å²) in [7, 11) is 4.96. The van der Waals surface area contributed by atoms with Gasteiger partial charge in [0.25, 0.3) is 5.91 Å². The Morgan fingerprint density at radius 1 is 0.671 bits per heavy atom. The predicted molar refractivity (Wildman–Crippen MR) is 310 cm³/mol. The van der Waals surface area contributed by atoms with Crippen LogP contribution in [0.25, 0.3) is 21.5 Å². The van der Waals surface area contributed by atoms with E-state index in [1.807, 2.05) is 89.8 Å². The van der Waals surface area contributed by atoms with Crippen molar-refractivity contribution in [3.63, 3.8) is 0 Å². The van der Waals surface area contributed by atoms with Crippen molar-refractivity contribution in [2.24, 2.45) is 0 Å². The highest BCUT2D eigenvalue weighted by Crippen LogP contribution is 2.38. The van der Waals surface area contributed by atoms with Gasteiger partial charge in [-0.2, -0.15) is 0 Å². The maximum absolute atomic E-state index is 15.3. The Morgan fingerprint density at radius 3 is 1.97 bits per heavy atom. The van der Waals surface area contributed by atoms with Gasteiger partial charge in [0.1, 0.15) is 35.6 Å². The molecule has 4 amide bonds. The van der Waals surface area contributed by atoms with Crippen LogP contribution in [0, 0.1) is 0 Å². The minimum absolute atomic E-state index is 0.0789. The van der Waals surface area contributed by atoms with E-state index in [1.165, 1.54) is 56.1 Å². The molecule has 1 saturated heterocycles. The number of ether oxygens (including phenoxy) is 4. The van der Waals surface area contributed by atoms with Gasteiger partial charge in [-0.15, -0.1) is 0 Å². The van der Waals surface area contributed by atoms with Crippen LogP contribution in [0.3, 0.4) is 0 Å². The quantitative estimate of drug-likeness (QED) is 0.108. The number of carbonyl (C=O) groups is 4. The molecule has 2 fully saturated rings. The van der Waals surface area contributed by atoms with Crippen LogP contribution in [-0.4, -0.2) is 104 Å². The van der Waals surface area contributed by atoms with Crippen molar-refractivity contribution >= 4 is 45.2 Å². The lowest BCUT2D eigenvalue weighted by Gasteiger charge is -2.32. The summed E-state index contributed by atoms with van der Waals surface area (Å²) in [6.07, 6.45) is 11.2. The Hall–Kier alpha value is -7.86. The van der Waals surface area contributed by atoms with E-state index >= 15 is 9.59 Å². The second-order valence-electron chi connectivity index (χ2n) is 21.8. The van der Waals surface area contributed by atoms with Crippen molar-refractivity contribution in [3.05, 3.63) is 179 Å². The first-order valence-corrected chi connectivity index (χ1v) is 28.4. The molecule has 3 aliphatic rings. The standard InChI is InChI=1S/C67H74N4O8/c1-69-33-14-23-61(68-64(72)37-47-26-30-50-17-9-11-19-53(50)35-47)67(75)71-43-56(40-57(71)45-79-58-22-13-21-55(39-58)66(69)74)70(65(73)38-48-27-31-51-18-10-12-20-54(51)36-48)44-60-62(76-2)41-59(42-63(60)77-3)78-34-32-46-24-28-52(29-25-46)49-15-7-5-4-6-8-16-49/h9-13,17-22,24-31,35-36,39,41-42,49,56-57,61H,4-8,14-16,23,32-34,37-38,40,43-45H2,1-3H3,(H,68,72)/t56-,57-,61-/m0/s1. The number of rotatable bonds is 15. The fourth-order valence-corrected chi connectivity index (χ4v) is 12.0. The summed E-state index contributed by atoms with van der Waals surface area (Å²) < 4.78 is 25.1. The molecule has 3 atom stereocenters. The molecule has 410 valence electrons. The highest BCUT2D eigenvalue weighted by molar-refractivity contribution is 5.94. The zero-order valence-corrected chi connectivity index (χ0v) is 46.0. The highest BCUT2D eigenvalue weighted by Gasteiger charge is 2.43. The summed E-state index contributed by atoms with van der Waals surface area (Å²) in [4.78, 5) is 63.6. The Balaban J connectivity index is 0.927. The molecule has 12 heteroatoms. The lowest BCUT2D eigenvalue weighted by atomic mass is 9.85. The van der Waals surface area contributed by atoms with Crippen LogP contribution in [0.4, 0.5) is 0 Å². The number of amides is 4. The van der Waals surface area contributed by atoms with Crippen molar-refractivity contribution in [2.45, 2.75) is 114 Å². The van der Waals surface area contributed by atoms with Gasteiger partial charge in [-0.3, -0.25) is 19.2 Å². The maximum atomic E-state index is 15.3. The van der Waals surface area contributed by atoms with Crippen molar-refractivity contribution < 1.29 is 38.1 Å². The number of methoxy groups -OCH3 is 2. The van der Waals surface area contributed by atoms with Crippen LogP contribution in [-0.2, 0) is 40.2 Å². The second-order valence-corrected chi connectivity index (χ2v) is 21.8. The van der Waals surface area contributed by atoms with Crippen LogP contribution in [0.2, 0.25) is 0 Å². The zero-order chi connectivity index (χ0) is 54.7. The fraction of sp³-hybridized carbons (Fsp3) is 0.373. The van der Waals surface area contributed by atoms with Gasteiger partial charge >= 0.3 is 0 Å². The summed E-state index contributed by atoms with van der Waals surface area (Å²) in [5.74, 6) is 1.86. The molecule has 79 heavy (non-hydrogen) atoms. The van der Waals surface area contributed by atoms with Gasteiger partial charge in [-0.1, -0.05) is 147 Å². The zero-order valence-electron chi connectivity index (χ0n) is 46.0. The molecule has 0 radical (unpaired) electrons. The molecule has 12 nitrogen and oxygen atoms in total. The van der Waals surface area contributed by atoms with Gasteiger partial charge in [0.05, 0.1) is 57.9 Å². The number of carbonyl (C=O) groups excluding carboxylic acids is 4. The van der Waals surface area contributed by atoms with E-state index in [2.05, 4.69) is 41.7 Å². The molecule has 0 spiro atoms. The highest BCUT2D eigenvalue weighted by atomic mass is 16.5. The Kier molecular flexibility index (Phi) is 17.8. The van der Waals surface area contributed by atoms with E-state index in [1.54, 1.807) is 55.3 Å². The minimum Gasteiger partial charge on any atom is -0.496 e. The van der Waals surface area contributed by atoms with E-state index in [0.717, 1.165) is 39.1 Å². The summed E-state index contributed by atoms with van der Waals surface area (Å²) in [6.45, 7) is 1.18. The Morgan fingerprint density at radius 2 is 1.30 bits per heavy atom. The van der Waals surface area contributed by atoms with E-state index in [0.29, 0.717) is 66.0 Å². The molecule has 1 N–H and O–H groups in total. The third-order valence-corrected chi connectivity index (χ3v) is 16.4. The van der Waals surface area contributed by atoms with E-state index in [9.17, 15) is 9.59 Å². The normalized spacial score (nSPS) is 18.4. The minimum atomic E-state index is -0.914. The molecule has 7 aromatic rings. The van der Waals surface area contributed by atoms with Gasteiger partial charge in [0, 0.05) is 44.3 Å². The molecule has 7 aromatic carbocycles. The number of nitrogens with zero attached hydrogens (tertiary/aromatic N) is 3. The molecule has 1 aliphatic carbocycles. The summed E-state index contributed by atoms with van der Waals surface area (Å²) >= 11 is 0. The van der Waals surface area contributed by atoms with Gasteiger partial charge in [-0.05, 0) is 100 Å². The number of fused-ring (bicyclic) bond motifs is 5. The molecule has 2 heterocycles. The van der Waals surface area contributed by atoms with Crippen LogP contribution < -0.4 is 24.3 Å². The molecule has 0 aromatic heterocycles. The summed E-state index contributed by atoms with van der Waals surface area (Å²) in [5, 5.41) is 7.33. The van der Waals surface area contributed by atoms with Crippen molar-refractivity contribution in [1.29, 1.82) is 0 Å². The van der Waals surface area contributed by atoms with Gasteiger partial charge < -0.3 is 39.0 Å². The first-order valence-electron chi connectivity index (χ1n) is 28.4.